The number of aromatic carboxylic acids is 1. The van der Waals surface area contributed by atoms with Gasteiger partial charge in [0.05, 0.1) is 11.5 Å². The minimum atomic E-state index is -3.21. The lowest BCUT2D eigenvalue weighted by molar-refractivity contribution is 0.0596. The van der Waals surface area contributed by atoms with Gasteiger partial charge in [-0.1, -0.05) is 6.92 Å². The van der Waals surface area contributed by atoms with E-state index < -0.39 is 15.8 Å². The zero-order valence-electron chi connectivity index (χ0n) is 16.2. The lowest BCUT2D eigenvalue weighted by atomic mass is 10.2. The summed E-state index contributed by atoms with van der Waals surface area (Å²) in [6.07, 6.45) is 5.63. The third-order valence-electron chi connectivity index (χ3n) is 3.60. The summed E-state index contributed by atoms with van der Waals surface area (Å²) >= 11 is 0. The summed E-state index contributed by atoms with van der Waals surface area (Å²) < 4.78 is 33.9. The first kappa shape index (κ1) is 21.6. The number of carbonyl (C=O) groups is 1. The summed E-state index contributed by atoms with van der Waals surface area (Å²) in [5.74, 6) is -0.472. The standard InChI is InChI=1S/C10H12O4.C10H12O3S/c1-2-5-14-7-3-4-8(10(12)13)9(11)6-7;1-10(2,3)13-8-6-7-4-5-9(8)14(7,11)12/h3-4,6,11H,2,5H2,1H3,(H,12,13);4-6H,1-3H3. The van der Waals surface area contributed by atoms with Crippen LogP contribution in [0.2, 0.25) is 0 Å². The highest BCUT2D eigenvalue weighted by molar-refractivity contribution is 8.00. The predicted octanol–water partition coefficient (Wildman–Crippen LogP) is 3.77. The Morgan fingerprint density at radius 3 is 2.29 bits per heavy atom. The monoisotopic (exact) mass is 408 g/mol. The average Bonchev–Trinajstić information content (AvgIpc) is 2.98. The van der Waals surface area contributed by atoms with Crippen molar-refractivity contribution >= 4 is 15.8 Å². The Morgan fingerprint density at radius 2 is 1.86 bits per heavy atom. The van der Waals surface area contributed by atoms with Crippen LogP contribution in [0.3, 0.4) is 0 Å². The number of aromatic hydroxyl groups is 1. The van der Waals surface area contributed by atoms with Crippen LogP contribution in [0, 0.1) is 0 Å². The molecular weight excluding hydrogens is 384 g/mol. The highest BCUT2D eigenvalue weighted by atomic mass is 32.2. The third-order valence-corrected chi connectivity index (χ3v) is 5.39. The maximum Gasteiger partial charge on any atom is 0.339 e. The lowest BCUT2D eigenvalue weighted by Crippen LogP contribution is -2.18. The second-order valence-corrected chi connectivity index (χ2v) is 9.08. The van der Waals surface area contributed by atoms with E-state index in [1.54, 1.807) is 18.2 Å². The molecule has 152 valence electrons. The largest absolute Gasteiger partial charge is 0.507 e. The van der Waals surface area contributed by atoms with Gasteiger partial charge in [-0.3, -0.25) is 0 Å². The molecule has 0 amide bonds. The molecule has 0 unspecified atom stereocenters. The van der Waals surface area contributed by atoms with E-state index >= 15 is 0 Å². The first-order chi connectivity index (χ1) is 13.0. The Bertz CT molecular complexity index is 961. The van der Waals surface area contributed by atoms with E-state index in [0.29, 0.717) is 27.9 Å². The maximum absolute atomic E-state index is 11.6. The molecule has 3 rings (SSSR count). The molecule has 7 nitrogen and oxygen atoms in total. The summed E-state index contributed by atoms with van der Waals surface area (Å²) in [6, 6.07) is 4.15. The molecular formula is C20H24O7S. The van der Waals surface area contributed by atoms with Gasteiger partial charge >= 0.3 is 5.97 Å². The van der Waals surface area contributed by atoms with E-state index in [4.69, 9.17) is 14.6 Å². The molecule has 2 heterocycles. The van der Waals surface area contributed by atoms with Crippen molar-refractivity contribution in [3.63, 3.8) is 0 Å². The van der Waals surface area contributed by atoms with Gasteiger partial charge in [-0.25, -0.2) is 13.2 Å². The highest BCUT2D eigenvalue weighted by Gasteiger charge is 2.36. The molecule has 2 bridgehead atoms. The summed E-state index contributed by atoms with van der Waals surface area (Å²) in [6.45, 7) is 8.18. The highest BCUT2D eigenvalue weighted by Crippen LogP contribution is 2.39. The quantitative estimate of drug-likeness (QED) is 0.763. The molecule has 2 aliphatic heterocycles. The average molecular weight is 408 g/mol. The number of benzene rings is 1. The Kier molecular flexibility index (Phi) is 6.23. The van der Waals surface area contributed by atoms with E-state index in [1.165, 1.54) is 18.2 Å². The van der Waals surface area contributed by atoms with E-state index in [1.807, 2.05) is 27.7 Å². The van der Waals surface area contributed by atoms with Gasteiger partial charge in [-0.05, 0) is 51.5 Å². The maximum atomic E-state index is 11.6. The molecule has 1 aromatic rings. The smallest absolute Gasteiger partial charge is 0.339 e. The normalized spacial score (nSPS) is 16.4. The molecule has 8 heteroatoms. The number of carboxylic acid groups (broad SMARTS) is 1. The van der Waals surface area contributed by atoms with Crippen LogP contribution in [0.5, 0.6) is 11.5 Å². The van der Waals surface area contributed by atoms with Gasteiger partial charge in [0.1, 0.15) is 33.3 Å². The van der Waals surface area contributed by atoms with Crippen molar-refractivity contribution in [1.29, 1.82) is 0 Å². The van der Waals surface area contributed by atoms with Crippen LogP contribution in [-0.2, 0) is 14.6 Å². The van der Waals surface area contributed by atoms with Gasteiger partial charge in [0.25, 0.3) is 0 Å². The number of ether oxygens (including phenoxy) is 2. The van der Waals surface area contributed by atoms with Crippen molar-refractivity contribution in [3.05, 3.63) is 57.6 Å². The molecule has 0 spiro atoms. The summed E-state index contributed by atoms with van der Waals surface area (Å²) in [5.41, 5.74) is -0.485. The molecule has 0 fully saturated rings. The number of sulfone groups is 1. The number of phenols is 1. The van der Waals surface area contributed by atoms with Crippen LogP contribution in [0.15, 0.2) is 52.0 Å². The fraction of sp³-hybridized carbons (Fsp3) is 0.350. The molecule has 28 heavy (non-hydrogen) atoms. The zero-order valence-corrected chi connectivity index (χ0v) is 17.0. The fourth-order valence-electron chi connectivity index (χ4n) is 2.42. The van der Waals surface area contributed by atoms with Gasteiger partial charge in [-0.15, -0.1) is 0 Å². The Hall–Kier alpha value is -2.74. The van der Waals surface area contributed by atoms with Crippen LogP contribution in [-0.4, -0.2) is 36.8 Å². The van der Waals surface area contributed by atoms with Crippen molar-refractivity contribution in [2.45, 2.75) is 39.7 Å². The number of hydrogen-bond acceptors (Lipinski definition) is 6. The van der Waals surface area contributed by atoms with E-state index in [-0.39, 0.29) is 16.9 Å². The number of hydrogen-bond donors (Lipinski definition) is 2. The number of rotatable bonds is 5. The minimum Gasteiger partial charge on any atom is -0.507 e. The predicted molar refractivity (Wildman–Crippen MR) is 105 cm³/mol. The first-order valence-corrected chi connectivity index (χ1v) is 10.2. The molecule has 0 saturated carbocycles. The molecule has 2 aliphatic rings. The first-order valence-electron chi connectivity index (χ1n) is 8.73. The Morgan fingerprint density at radius 1 is 1.18 bits per heavy atom. The van der Waals surface area contributed by atoms with Gasteiger partial charge < -0.3 is 19.7 Å². The fourth-order valence-corrected chi connectivity index (χ4v) is 3.79. The van der Waals surface area contributed by atoms with Gasteiger partial charge in [0.15, 0.2) is 0 Å². The van der Waals surface area contributed by atoms with Crippen molar-refractivity contribution in [3.8, 4) is 11.5 Å². The Labute approximate surface area is 164 Å². The molecule has 0 aliphatic carbocycles. The second-order valence-electron chi connectivity index (χ2n) is 7.16. The van der Waals surface area contributed by atoms with Gasteiger partial charge in [0, 0.05) is 12.1 Å². The SMILES string of the molecule is CC(C)(C)OC1=C2C=CC(=C1)S2(=O)=O.CCCOc1ccc(C(=O)O)c(O)c1. The summed E-state index contributed by atoms with van der Waals surface area (Å²) in [4.78, 5) is 11.2. The molecule has 2 N–H and O–H groups in total. The molecule has 1 aromatic carbocycles. The van der Waals surface area contributed by atoms with Crippen molar-refractivity contribution < 1.29 is 32.9 Å². The number of fused-ring (bicyclic) bond motifs is 2. The molecule has 0 atom stereocenters. The van der Waals surface area contributed by atoms with E-state index in [9.17, 15) is 18.3 Å². The molecule has 0 aromatic heterocycles. The molecule has 0 saturated heterocycles. The van der Waals surface area contributed by atoms with Crippen molar-refractivity contribution in [2.75, 3.05) is 6.61 Å². The van der Waals surface area contributed by atoms with Crippen molar-refractivity contribution in [1.82, 2.24) is 0 Å². The van der Waals surface area contributed by atoms with Crippen LogP contribution >= 0.6 is 0 Å². The zero-order chi connectivity index (χ0) is 21.1. The minimum absolute atomic E-state index is 0.117. The van der Waals surface area contributed by atoms with Crippen LogP contribution in [0.4, 0.5) is 0 Å². The number of carboxylic acids is 1. The Balaban J connectivity index is 0.000000200. The third kappa shape index (κ3) is 4.95. The van der Waals surface area contributed by atoms with Crippen LogP contribution in [0.25, 0.3) is 0 Å². The summed E-state index contributed by atoms with van der Waals surface area (Å²) in [5, 5.41) is 17.9. The second kappa shape index (κ2) is 8.10. The van der Waals surface area contributed by atoms with E-state index in [0.717, 1.165) is 6.42 Å². The summed E-state index contributed by atoms with van der Waals surface area (Å²) in [7, 11) is -3.21. The van der Waals surface area contributed by atoms with Gasteiger partial charge in [-0.2, -0.15) is 0 Å². The number of allylic oxidation sites excluding steroid dienone is 3. The topological polar surface area (TPSA) is 110 Å². The van der Waals surface area contributed by atoms with E-state index in [2.05, 4.69) is 0 Å². The lowest BCUT2D eigenvalue weighted by Gasteiger charge is -2.21. The van der Waals surface area contributed by atoms with Crippen LogP contribution < -0.4 is 4.74 Å². The van der Waals surface area contributed by atoms with Crippen molar-refractivity contribution in [2.24, 2.45) is 0 Å². The van der Waals surface area contributed by atoms with Gasteiger partial charge in [0.2, 0.25) is 9.84 Å². The van der Waals surface area contributed by atoms with Crippen LogP contribution in [0.1, 0.15) is 44.5 Å². The molecule has 0 radical (unpaired) electrons.